The van der Waals surface area contributed by atoms with Crippen molar-refractivity contribution in [3.8, 4) is 28.5 Å². The lowest BCUT2D eigenvalue weighted by Gasteiger charge is -2.26. The van der Waals surface area contributed by atoms with E-state index in [1.165, 1.54) is 30.3 Å². The second-order valence-corrected chi connectivity index (χ2v) is 8.67. The SMILES string of the molecule is CC(C)(C(=O)CCc1ccc(Cl)c(-c2nc(-c3cccc(OC(F)(F)F)c3)nc(=O)[nH]2)c1)C(F)(F)F. The minimum atomic E-state index is -4.93. The smallest absolute Gasteiger partial charge is 0.406 e. The van der Waals surface area contributed by atoms with Gasteiger partial charge in [-0.15, -0.1) is 13.2 Å². The zero-order chi connectivity index (χ0) is 26.9. The zero-order valence-electron chi connectivity index (χ0n) is 18.7. The third-order valence-corrected chi connectivity index (χ3v) is 5.64. The van der Waals surface area contributed by atoms with Gasteiger partial charge in [-0.1, -0.05) is 29.8 Å². The number of hydrogen-bond acceptors (Lipinski definition) is 5. The van der Waals surface area contributed by atoms with E-state index in [2.05, 4.69) is 19.7 Å². The Morgan fingerprint density at radius 2 is 1.72 bits per heavy atom. The first-order valence-electron chi connectivity index (χ1n) is 10.3. The van der Waals surface area contributed by atoms with E-state index in [1.807, 2.05) is 0 Å². The highest BCUT2D eigenvalue weighted by atomic mass is 35.5. The van der Waals surface area contributed by atoms with Crippen molar-refractivity contribution in [2.75, 3.05) is 0 Å². The number of ether oxygens (including phenoxy) is 1. The highest BCUT2D eigenvalue weighted by Crippen LogP contribution is 2.39. The van der Waals surface area contributed by atoms with E-state index in [-0.39, 0.29) is 34.2 Å². The lowest BCUT2D eigenvalue weighted by Crippen LogP contribution is -2.39. The van der Waals surface area contributed by atoms with E-state index in [9.17, 15) is 35.9 Å². The topological polar surface area (TPSA) is 84.9 Å². The minimum absolute atomic E-state index is 0.0402. The summed E-state index contributed by atoms with van der Waals surface area (Å²) >= 11 is 6.23. The molecule has 0 spiro atoms. The Kier molecular flexibility index (Phi) is 7.49. The number of hydrogen-bond donors (Lipinski definition) is 1. The Morgan fingerprint density at radius 1 is 1.03 bits per heavy atom. The van der Waals surface area contributed by atoms with Gasteiger partial charge in [0.1, 0.15) is 22.8 Å². The average molecular weight is 534 g/mol. The number of benzene rings is 2. The highest BCUT2D eigenvalue weighted by Gasteiger charge is 2.51. The van der Waals surface area contributed by atoms with Crippen LogP contribution >= 0.6 is 11.6 Å². The van der Waals surface area contributed by atoms with Gasteiger partial charge >= 0.3 is 18.2 Å². The summed E-state index contributed by atoms with van der Waals surface area (Å²) < 4.78 is 80.9. The number of H-pyrrole nitrogens is 1. The fourth-order valence-corrected chi connectivity index (χ4v) is 3.32. The number of aromatic nitrogens is 3. The third kappa shape index (κ3) is 6.42. The van der Waals surface area contributed by atoms with Crippen molar-refractivity contribution in [3.63, 3.8) is 0 Å². The summed E-state index contributed by atoms with van der Waals surface area (Å²) in [5.41, 5.74) is -2.71. The van der Waals surface area contributed by atoms with Crippen LogP contribution in [-0.4, -0.2) is 33.3 Å². The maximum absolute atomic E-state index is 13.1. The normalized spacial score (nSPS) is 12.5. The molecule has 0 unspecified atom stereocenters. The number of carbonyl (C=O) groups excluding carboxylic acids is 1. The Balaban J connectivity index is 1.92. The summed E-state index contributed by atoms with van der Waals surface area (Å²) in [7, 11) is 0. The first-order valence-corrected chi connectivity index (χ1v) is 10.7. The molecular formula is C23H18ClF6N3O3. The predicted molar refractivity (Wildman–Crippen MR) is 118 cm³/mol. The molecule has 2 aromatic carbocycles. The monoisotopic (exact) mass is 533 g/mol. The third-order valence-electron chi connectivity index (χ3n) is 5.31. The van der Waals surface area contributed by atoms with E-state index in [1.54, 1.807) is 0 Å². The lowest BCUT2D eigenvalue weighted by atomic mass is 9.84. The van der Waals surface area contributed by atoms with Crippen LogP contribution in [0, 0.1) is 5.41 Å². The lowest BCUT2D eigenvalue weighted by molar-refractivity contribution is -0.274. The Bertz CT molecular complexity index is 1340. The molecule has 0 fully saturated rings. The maximum Gasteiger partial charge on any atom is 0.573 e. The number of halogens is 7. The number of nitrogens with zero attached hydrogens (tertiary/aromatic N) is 2. The van der Waals surface area contributed by atoms with Crippen molar-refractivity contribution in [3.05, 3.63) is 63.5 Å². The fourth-order valence-electron chi connectivity index (χ4n) is 3.11. The van der Waals surface area contributed by atoms with Crippen molar-refractivity contribution in [2.24, 2.45) is 5.41 Å². The van der Waals surface area contributed by atoms with Crippen molar-refractivity contribution >= 4 is 17.4 Å². The summed E-state index contributed by atoms with van der Waals surface area (Å²) in [5.74, 6) is -1.84. The van der Waals surface area contributed by atoms with Crippen LogP contribution in [0.1, 0.15) is 25.8 Å². The number of alkyl halides is 6. The number of aromatic amines is 1. The maximum atomic E-state index is 13.1. The first kappa shape index (κ1) is 27.2. The van der Waals surface area contributed by atoms with Gasteiger partial charge in [0.15, 0.2) is 5.82 Å². The van der Waals surface area contributed by atoms with Gasteiger partial charge in [-0.05, 0) is 50.1 Å². The number of ketones is 1. The standard InChI is InChI=1S/C23H18ClF6N3O3/c1-21(2,22(25,26)27)17(34)9-7-12-6-8-16(24)15(10-12)19-31-18(32-20(35)33-19)13-4-3-5-14(11-13)36-23(28,29)30/h3-6,8,10-11H,7,9H2,1-2H3,(H,31,32,33,35). The summed E-state index contributed by atoms with van der Waals surface area (Å²) in [6.45, 7) is 1.62. The van der Waals surface area contributed by atoms with Gasteiger partial charge in [0.05, 0.1) is 5.02 Å². The molecule has 0 aliphatic rings. The molecule has 0 saturated heterocycles. The molecule has 36 heavy (non-hydrogen) atoms. The molecule has 1 heterocycles. The Labute approximate surface area is 205 Å². The number of rotatable bonds is 7. The molecular weight excluding hydrogens is 516 g/mol. The van der Waals surface area contributed by atoms with Crippen molar-refractivity contribution in [2.45, 2.75) is 39.2 Å². The van der Waals surface area contributed by atoms with Crippen LogP contribution < -0.4 is 10.4 Å². The Morgan fingerprint density at radius 3 is 2.36 bits per heavy atom. The molecule has 0 aliphatic heterocycles. The van der Waals surface area contributed by atoms with E-state index in [4.69, 9.17) is 11.6 Å². The molecule has 0 aliphatic carbocycles. The molecule has 0 amide bonds. The second-order valence-electron chi connectivity index (χ2n) is 8.26. The van der Waals surface area contributed by atoms with Gasteiger partial charge in [0.2, 0.25) is 0 Å². The summed E-state index contributed by atoms with van der Waals surface area (Å²) in [4.78, 5) is 34.6. The van der Waals surface area contributed by atoms with E-state index < -0.39 is 41.6 Å². The van der Waals surface area contributed by atoms with Crippen molar-refractivity contribution in [1.29, 1.82) is 0 Å². The largest absolute Gasteiger partial charge is 0.573 e. The molecule has 3 rings (SSSR count). The predicted octanol–water partition coefficient (Wildman–Crippen LogP) is 6.14. The van der Waals surface area contributed by atoms with Crippen molar-refractivity contribution < 1.29 is 35.9 Å². The van der Waals surface area contributed by atoms with Crippen LogP contribution in [0.4, 0.5) is 26.3 Å². The van der Waals surface area contributed by atoms with Crippen LogP contribution in [0.25, 0.3) is 22.8 Å². The van der Waals surface area contributed by atoms with Gasteiger partial charge in [-0.25, -0.2) is 9.78 Å². The van der Waals surface area contributed by atoms with Gasteiger partial charge in [-0.2, -0.15) is 18.2 Å². The van der Waals surface area contributed by atoms with Gasteiger partial charge in [0, 0.05) is 17.5 Å². The molecule has 0 saturated carbocycles. The van der Waals surface area contributed by atoms with Crippen LogP contribution in [0.5, 0.6) is 5.75 Å². The fraction of sp³-hybridized carbons (Fsp3) is 0.304. The molecule has 13 heteroatoms. The second kappa shape index (κ2) is 9.92. The highest BCUT2D eigenvalue weighted by molar-refractivity contribution is 6.33. The molecule has 0 bridgehead atoms. The summed E-state index contributed by atoms with van der Waals surface area (Å²) in [5, 5.41) is 0.121. The van der Waals surface area contributed by atoms with Crippen LogP contribution in [0.2, 0.25) is 5.02 Å². The molecule has 192 valence electrons. The van der Waals surface area contributed by atoms with E-state index in [0.29, 0.717) is 5.56 Å². The van der Waals surface area contributed by atoms with Crippen LogP contribution in [0.15, 0.2) is 47.3 Å². The quantitative estimate of drug-likeness (QED) is 0.369. The number of aryl methyl sites for hydroxylation is 1. The number of carbonyl (C=O) groups is 1. The molecule has 6 nitrogen and oxygen atoms in total. The van der Waals surface area contributed by atoms with Crippen LogP contribution in [0.3, 0.4) is 0 Å². The Hall–Kier alpha value is -3.41. The number of nitrogens with one attached hydrogen (secondary N) is 1. The average Bonchev–Trinajstić information content (AvgIpc) is 2.76. The van der Waals surface area contributed by atoms with E-state index >= 15 is 0 Å². The number of Topliss-reactive ketones (excluding diaryl/α,β-unsaturated/α-hetero) is 1. The summed E-state index contributed by atoms with van der Waals surface area (Å²) in [6, 6.07) is 9.06. The molecule has 0 atom stereocenters. The van der Waals surface area contributed by atoms with E-state index in [0.717, 1.165) is 26.0 Å². The molecule has 1 aromatic heterocycles. The first-order chi connectivity index (χ1) is 16.6. The van der Waals surface area contributed by atoms with Crippen molar-refractivity contribution in [1.82, 2.24) is 15.0 Å². The molecule has 0 radical (unpaired) electrons. The van der Waals surface area contributed by atoms with Crippen LogP contribution in [-0.2, 0) is 11.2 Å². The molecule has 1 N–H and O–H groups in total. The van der Waals surface area contributed by atoms with Gasteiger partial charge in [0.25, 0.3) is 0 Å². The minimum Gasteiger partial charge on any atom is -0.406 e. The summed E-state index contributed by atoms with van der Waals surface area (Å²) in [6.07, 6.45) is -10.1. The van der Waals surface area contributed by atoms with Gasteiger partial charge < -0.3 is 4.74 Å². The molecule has 3 aromatic rings. The zero-order valence-corrected chi connectivity index (χ0v) is 19.5. The van der Waals surface area contributed by atoms with Gasteiger partial charge in [-0.3, -0.25) is 9.78 Å².